The average Bonchev–Trinajstić information content (AvgIpc) is 2.42. The molecule has 0 saturated heterocycles. The molecule has 19 heavy (non-hydrogen) atoms. The van der Waals surface area contributed by atoms with Crippen molar-refractivity contribution in [1.29, 1.82) is 0 Å². The van der Waals surface area contributed by atoms with E-state index < -0.39 is 0 Å². The van der Waals surface area contributed by atoms with E-state index in [9.17, 15) is 0 Å². The second kappa shape index (κ2) is 7.02. The van der Waals surface area contributed by atoms with Crippen LogP contribution in [0.25, 0.3) is 10.8 Å². The van der Waals surface area contributed by atoms with Crippen LogP contribution in [0, 0.1) is 0 Å². The smallest absolute Gasteiger partial charge is 0.0672 e. The molecule has 0 amide bonds. The Labute approximate surface area is 114 Å². The molecule has 0 fully saturated rings. The molecule has 0 saturated carbocycles. The van der Waals surface area contributed by atoms with Crippen molar-refractivity contribution in [3.05, 3.63) is 54.4 Å². The number of pyridine rings is 1. The molecule has 0 bridgehead atoms. The van der Waals surface area contributed by atoms with Crippen molar-refractivity contribution in [2.75, 3.05) is 19.8 Å². The number of nitrogens with zero attached hydrogens (tertiary/aromatic N) is 1. The van der Waals surface area contributed by atoms with E-state index in [1.54, 1.807) is 0 Å². The number of fused-ring (bicyclic) bond motifs is 1. The lowest BCUT2D eigenvalue weighted by Crippen LogP contribution is -2.19. The molecular formula is C16H20N2O. The molecule has 0 aliphatic rings. The van der Waals surface area contributed by atoms with Gasteiger partial charge in [0.15, 0.2) is 0 Å². The highest BCUT2D eigenvalue weighted by Crippen LogP contribution is 2.16. The van der Waals surface area contributed by atoms with Gasteiger partial charge in [-0.05, 0) is 23.9 Å². The number of aromatic nitrogens is 1. The van der Waals surface area contributed by atoms with Gasteiger partial charge in [-0.3, -0.25) is 4.98 Å². The number of hydrogen-bond donors (Lipinski definition) is 1. The first-order valence-electron chi connectivity index (χ1n) is 6.52. The highest BCUT2D eigenvalue weighted by Gasteiger charge is 1.99. The monoisotopic (exact) mass is 256 g/mol. The van der Waals surface area contributed by atoms with Gasteiger partial charge in [-0.25, -0.2) is 0 Å². The molecular weight excluding hydrogens is 236 g/mol. The summed E-state index contributed by atoms with van der Waals surface area (Å²) < 4.78 is 5.45. The molecule has 3 nitrogen and oxygen atoms in total. The lowest BCUT2D eigenvalue weighted by atomic mass is 10.1. The van der Waals surface area contributed by atoms with Crippen LogP contribution in [0.15, 0.2) is 48.8 Å². The average molecular weight is 256 g/mol. The lowest BCUT2D eigenvalue weighted by Gasteiger charge is -2.08. The van der Waals surface area contributed by atoms with E-state index in [1.165, 1.54) is 16.3 Å². The van der Waals surface area contributed by atoms with Gasteiger partial charge >= 0.3 is 0 Å². The molecule has 1 N–H and O–H groups in total. The molecule has 2 aromatic rings. The van der Waals surface area contributed by atoms with Crippen molar-refractivity contribution < 1.29 is 4.74 Å². The Kier molecular flexibility index (Phi) is 5.07. The maximum atomic E-state index is 5.45. The fourth-order valence-corrected chi connectivity index (χ4v) is 1.96. The molecule has 0 unspecified atom stereocenters. The molecule has 1 heterocycles. The van der Waals surface area contributed by atoms with Gasteiger partial charge in [0.25, 0.3) is 0 Å². The fraction of sp³-hybridized carbons (Fsp3) is 0.312. The third kappa shape index (κ3) is 4.16. The minimum atomic E-state index is 0.640. The maximum absolute atomic E-state index is 5.45. The van der Waals surface area contributed by atoms with E-state index in [-0.39, 0.29) is 0 Å². The molecule has 0 spiro atoms. The van der Waals surface area contributed by atoms with Crippen LogP contribution in [0.1, 0.15) is 12.5 Å². The van der Waals surface area contributed by atoms with Gasteiger partial charge in [-0.2, -0.15) is 0 Å². The highest BCUT2D eigenvalue weighted by molar-refractivity contribution is 5.84. The molecule has 0 radical (unpaired) electrons. The van der Waals surface area contributed by atoms with Crippen LogP contribution in [0.3, 0.4) is 0 Å². The third-order valence-electron chi connectivity index (χ3n) is 2.86. The third-order valence-corrected chi connectivity index (χ3v) is 2.86. The molecule has 1 aromatic heterocycles. The molecule has 0 atom stereocenters. The van der Waals surface area contributed by atoms with Gasteiger partial charge in [0.05, 0.1) is 13.2 Å². The molecule has 3 heteroatoms. The van der Waals surface area contributed by atoms with E-state index in [2.05, 4.69) is 41.1 Å². The summed E-state index contributed by atoms with van der Waals surface area (Å²) in [6.45, 7) is 8.81. The van der Waals surface area contributed by atoms with E-state index in [0.29, 0.717) is 13.2 Å². The van der Waals surface area contributed by atoms with Crippen molar-refractivity contribution in [1.82, 2.24) is 10.3 Å². The summed E-state index contributed by atoms with van der Waals surface area (Å²) in [5, 5.41) is 5.83. The summed E-state index contributed by atoms with van der Waals surface area (Å²) in [6.07, 6.45) is 3.73. The Morgan fingerprint density at radius 2 is 2.26 bits per heavy atom. The van der Waals surface area contributed by atoms with E-state index in [0.717, 1.165) is 18.7 Å². The van der Waals surface area contributed by atoms with Crippen LogP contribution < -0.4 is 5.32 Å². The predicted molar refractivity (Wildman–Crippen MR) is 79.1 cm³/mol. The van der Waals surface area contributed by atoms with E-state index in [4.69, 9.17) is 4.74 Å². The zero-order valence-electron chi connectivity index (χ0n) is 11.4. The van der Waals surface area contributed by atoms with E-state index >= 15 is 0 Å². The molecule has 100 valence electrons. The second-order valence-electron chi connectivity index (χ2n) is 4.70. The Morgan fingerprint density at radius 1 is 1.37 bits per heavy atom. The van der Waals surface area contributed by atoms with Crippen molar-refractivity contribution >= 4 is 10.8 Å². The van der Waals surface area contributed by atoms with Crippen molar-refractivity contribution in [2.24, 2.45) is 0 Å². The maximum Gasteiger partial charge on any atom is 0.0672 e. The Morgan fingerprint density at radius 3 is 3.11 bits per heavy atom. The standard InChI is InChI=1S/C16H20N2O/c1-13(2)12-19-9-8-18-11-15-5-3-4-14-10-17-7-6-16(14)15/h3-7,10,18H,1,8-9,11-12H2,2H3. The van der Waals surface area contributed by atoms with Crippen LogP contribution in [0.2, 0.25) is 0 Å². The fourth-order valence-electron chi connectivity index (χ4n) is 1.96. The minimum absolute atomic E-state index is 0.640. The Bertz CT molecular complexity index is 546. The molecule has 0 aliphatic heterocycles. The second-order valence-corrected chi connectivity index (χ2v) is 4.70. The first kappa shape index (κ1) is 13.7. The number of rotatable bonds is 7. The van der Waals surface area contributed by atoms with Gasteiger partial charge in [0.2, 0.25) is 0 Å². The largest absolute Gasteiger partial charge is 0.376 e. The van der Waals surface area contributed by atoms with Crippen molar-refractivity contribution in [3.8, 4) is 0 Å². The first-order valence-corrected chi connectivity index (χ1v) is 6.52. The summed E-state index contributed by atoms with van der Waals surface area (Å²) in [4.78, 5) is 4.14. The number of nitrogens with one attached hydrogen (secondary N) is 1. The summed E-state index contributed by atoms with van der Waals surface area (Å²) in [6, 6.07) is 8.36. The first-order chi connectivity index (χ1) is 9.27. The summed E-state index contributed by atoms with van der Waals surface area (Å²) >= 11 is 0. The van der Waals surface area contributed by atoms with Gasteiger partial charge in [0.1, 0.15) is 0 Å². The lowest BCUT2D eigenvalue weighted by molar-refractivity contribution is 0.158. The molecule has 0 aliphatic carbocycles. The van der Waals surface area contributed by atoms with Gasteiger partial charge < -0.3 is 10.1 Å². The minimum Gasteiger partial charge on any atom is -0.376 e. The van der Waals surface area contributed by atoms with Gasteiger partial charge in [-0.15, -0.1) is 0 Å². The van der Waals surface area contributed by atoms with Crippen LogP contribution in [-0.2, 0) is 11.3 Å². The van der Waals surface area contributed by atoms with Crippen LogP contribution in [-0.4, -0.2) is 24.7 Å². The quantitative estimate of drug-likeness (QED) is 0.611. The topological polar surface area (TPSA) is 34.1 Å². The number of benzene rings is 1. The highest BCUT2D eigenvalue weighted by atomic mass is 16.5. The van der Waals surface area contributed by atoms with Crippen molar-refractivity contribution in [2.45, 2.75) is 13.5 Å². The van der Waals surface area contributed by atoms with Crippen LogP contribution in [0.5, 0.6) is 0 Å². The zero-order valence-corrected chi connectivity index (χ0v) is 11.4. The number of hydrogen-bond acceptors (Lipinski definition) is 3. The van der Waals surface area contributed by atoms with Gasteiger partial charge in [0, 0.05) is 30.9 Å². The normalized spacial score (nSPS) is 10.8. The van der Waals surface area contributed by atoms with Gasteiger partial charge in [-0.1, -0.05) is 30.4 Å². The SMILES string of the molecule is C=C(C)COCCNCc1cccc2cnccc12. The van der Waals surface area contributed by atoms with Crippen LogP contribution in [0.4, 0.5) is 0 Å². The zero-order chi connectivity index (χ0) is 13.5. The number of ether oxygens (including phenoxy) is 1. The summed E-state index contributed by atoms with van der Waals surface area (Å²) in [5.74, 6) is 0. The van der Waals surface area contributed by atoms with Crippen LogP contribution >= 0.6 is 0 Å². The van der Waals surface area contributed by atoms with E-state index in [1.807, 2.05) is 19.3 Å². The molecule has 1 aromatic carbocycles. The summed E-state index contributed by atoms with van der Waals surface area (Å²) in [7, 11) is 0. The summed E-state index contributed by atoms with van der Waals surface area (Å²) in [5.41, 5.74) is 2.35. The Balaban J connectivity index is 1.83. The predicted octanol–water partition coefficient (Wildman–Crippen LogP) is 2.92. The van der Waals surface area contributed by atoms with Crippen molar-refractivity contribution in [3.63, 3.8) is 0 Å². The molecule has 2 rings (SSSR count). The Hall–Kier alpha value is -1.71.